The van der Waals surface area contributed by atoms with Crippen molar-refractivity contribution in [3.63, 3.8) is 0 Å². The Hall–Kier alpha value is -1.08. The predicted octanol–water partition coefficient (Wildman–Crippen LogP) is 2.72. The van der Waals surface area contributed by atoms with Crippen molar-refractivity contribution >= 4 is 6.08 Å². The summed E-state index contributed by atoms with van der Waals surface area (Å²) in [5, 5.41) is 9.50. The SMILES string of the molecule is CC(C)C(O)/C=C/c1ccccc1. The standard InChI is InChI=1S/C12H16O/c1-10(2)12(13)9-8-11-6-4-3-5-7-11/h3-10,12-13H,1-2H3/b9-8+. The van der Waals surface area contributed by atoms with Crippen LogP contribution in [0.15, 0.2) is 36.4 Å². The molecule has 1 aromatic rings. The van der Waals surface area contributed by atoms with E-state index >= 15 is 0 Å². The van der Waals surface area contributed by atoms with Crippen LogP contribution in [0, 0.1) is 5.92 Å². The van der Waals surface area contributed by atoms with Gasteiger partial charge < -0.3 is 5.11 Å². The van der Waals surface area contributed by atoms with Crippen LogP contribution in [0.5, 0.6) is 0 Å². The Morgan fingerprint density at radius 1 is 1.15 bits per heavy atom. The van der Waals surface area contributed by atoms with Crippen LogP contribution in [-0.4, -0.2) is 11.2 Å². The molecule has 0 amide bonds. The highest BCUT2D eigenvalue weighted by Crippen LogP contribution is 2.06. The lowest BCUT2D eigenvalue weighted by Crippen LogP contribution is -2.10. The topological polar surface area (TPSA) is 20.2 Å². The Labute approximate surface area is 79.7 Å². The second kappa shape index (κ2) is 4.83. The van der Waals surface area contributed by atoms with Gasteiger partial charge in [-0.2, -0.15) is 0 Å². The van der Waals surface area contributed by atoms with E-state index in [0.717, 1.165) is 5.56 Å². The molecule has 0 heterocycles. The van der Waals surface area contributed by atoms with Crippen molar-refractivity contribution in [3.8, 4) is 0 Å². The predicted molar refractivity (Wildman–Crippen MR) is 56.3 cm³/mol. The molecule has 0 saturated carbocycles. The first-order valence-electron chi connectivity index (χ1n) is 4.61. The smallest absolute Gasteiger partial charge is 0.0747 e. The van der Waals surface area contributed by atoms with Crippen LogP contribution in [0.1, 0.15) is 19.4 Å². The second-order valence-electron chi connectivity index (χ2n) is 3.50. The lowest BCUT2D eigenvalue weighted by Gasteiger charge is -2.08. The summed E-state index contributed by atoms with van der Waals surface area (Å²) in [5.74, 6) is 0.278. The highest BCUT2D eigenvalue weighted by atomic mass is 16.3. The zero-order valence-electron chi connectivity index (χ0n) is 8.14. The molecular weight excluding hydrogens is 160 g/mol. The first kappa shape index (κ1) is 10.0. The van der Waals surface area contributed by atoms with E-state index < -0.39 is 0 Å². The summed E-state index contributed by atoms with van der Waals surface area (Å²) in [4.78, 5) is 0. The van der Waals surface area contributed by atoms with Crippen LogP contribution >= 0.6 is 0 Å². The maximum absolute atomic E-state index is 9.50. The van der Waals surface area contributed by atoms with Crippen molar-refractivity contribution in [1.29, 1.82) is 0 Å². The van der Waals surface area contributed by atoms with Crippen LogP contribution in [0.3, 0.4) is 0 Å². The van der Waals surface area contributed by atoms with E-state index in [9.17, 15) is 5.11 Å². The normalized spacial score (nSPS) is 13.8. The average Bonchev–Trinajstić information content (AvgIpc) is 2.15. The number of benzene rings is 1. The van der Waals surface area contributed by atoms with Gasteiger partial charge in [0, 0.05) is 0 Å². The van der Waals surface area contributed by atoms with Crippen molar-refractivity contribution in [1.82, 2.24) is 0 Å². The number of rotatable bonds is 3. The highest BCUT2D eigenvalue weighted by Gasteiger charge is 2.02. The Morgan fingerprint density at radius 2 is 1.77 bits per heavy atom. The fraction of sp³-hybridized carbons (Fsp3) is 0.333. The molecule has 1 heteroatoms. The molecule has 1 N–H and O–H groups in total. The van der Waals surface area contributed by atoms with E-state index in [1.54, 1.807) is 0 Å². The molecule has 0 saturated heterocycles. The maximum atomic E-state index is 9.50. The molecule has 0 aromatic heterocycles. The number of hydrogen-bond donors (Lipinski definition) is 1. The third kappa shape index (κ3) is 3.43. The lowest BCUT2D eigenvalue weighted by molar-refractivity contribution is 0.173. The number of hydrogen-bond acceptors (Lipinski definition) is 1. The van der Waals surface area contributed by atoms with Gasteiger partial charge in [-0.15, -0.1) is 0 Å². The van der Waals surface area contributed by atoms with Gasteiger partial charge in [-0.25, -0.2) is 0 Å². The monoisotopic (exact) mass is 176 g/mol. The van der Waals surface area contributed by atoms with Crippen molar-refractivity contribution in [2.45, 2.75) is 20.0 Å². The van der Waals surface area contributed by atoms with Gasteiger partial charge in [0.2, 0.25) is 0 Å². The van der Waals surface area contributed by atoms with E-state index in [0.29, 0.717) is 0 Å². The minimum Gasteiger partial charge on any atom is -0.389 e. The van der Waals surface area contributed by atoms with E-state index in [4.69, 9.17) is 0 Å². The lowest BCUT2D eigenvalue weighted by atomic mass is 10.1. The molecule has 13 heavy (non-hydrogen) atoms. The maximum Gasteiger partial charge on any atom is 0.0747 e. The molecule has 0 aliphatic heterocycles. The zero-order valence-corrected chi connectivity index (χ0v) is 8.14. The number of aliphatic hydroxyl groups excluding tert-OH is 1. The molecular formula is C12H16O. The van der Waals surface area contributed by atoms with Crippen LogP contribution in [-0.2, 0) is 0 Å². The van der Waals surface area contributed by atoms with Crippen molar-refractivity contribution < 1.29 is 5.11 Å². The van der Waals surface area contributed by atoms with Crippen molar-refractivity contribution in [3.05, 3.63) is 42.0 Å². The zero-order chi connectivity index (χ0) is 9.68. The summed E-state index contributed by atoms with van der Waals surface area (Å²) in [5.41, 5.74) is 1.13. The fourth-order valence-electron chi connectivity index (χ4n) is 0.996. The first-order valence-corrected chi connectivity index (χ1v) is 4.61. The molecule has 0 bridgehead atoms. The van der Waals surface area contributed by atoms with Gasteiger partial charge in [0.05, 0.1) is 6.10 Å². The Balaban J connectivity index is 2.59. The van der Waals surface area contributed by atoms with Gasteiger partial charge in [0.25, 0.3) is 0 Å². The van der Waals surface area contributed by atoms with E-state index in [1.807, 2.05) is 56.3 Å². The summed E-state index contributed by atoms with van der Waals surface area (Å²) in [7, 11) is 0. The Bertz CT molecular complexity index is 262. The van der Waals surface area contributed by atoms with Gasteiger partial charge in [0.1, 0.15) is 0 Å². The largest absolute Gasteiger partial charge is 0.389 e. The highest BCUT2D eigenvalue weighted by molar-refractivity contribution is 5.49. The summed E-state index contributed by atoms with van der Waals surface area (Å²) >= 11 is 0. The van der Waals surface area contributed by atoms with Gasteiger partial charge in [-0.3, -0.25) is 0 Å². The Morgan fingerprint density at radius 3 is 2.31 bits per heavy atom. The minimum atomic E-state index is -0.347. The third-order valence-electron chi connectivity index (χ3n) is 1.97. The summed E-state index contributed by atoms with van der Waals surface area (Å²) in [6.45, 7) is 4.00. The fourth-order valence-corrected chi connectivity index (χ4v) is 0.996. The summed E-state index contributed by atoms with van der Waals surface area (Å²) in [6, 6.07) is 9.99. The molecule has 0 radical (unpaired) electrons. The first-order chi connectivity index (χ1) is 6.20. The molecule has 0 aliphatic carbocycles. The van der Waals surface area contributed by atoms with Crippen molar-refractivity contribution in [2.75, 3.05) is 0 Å². The molecule has 1 aromatic carbocycles. The molecule has 0 fully saturated rings. The molecule has 1 unspecified atom stereocenters. The van der Waals surface area contributed by atoms with Gasteiger partial charge in [0.15, 0.2) is 0 Å². The third-order valence-corrected chi connectivity index (χ3v) is 1.97. The molecule has 0 spiro atoms. The average molecular weight is 176 g/mol. The number of aliphatic hydroxyl groups is 1. The van der Waals surface area contributed by atoms with E-state index in [1.165, 1.54) is 0 Å². The quantitative estimate of drug-likeness (QED) is 0.750. The summed E-state index contributed by atoms with van der Waals surface area (Å²) in [6.07, 6.45) is 3.44. The summed E-state index contributed by atoms with van der Waals surface area (Å²) < 4.78 is 0. The van der Waals surface area contributed by atoms with Crippen molar-refractivity contribution in [2.24, 2.45) is 5.92 Å². The Kier molecular flexibility index (Phi) is 3.71. The van der Waals surface area contributed by atoms with E-state index in [-0.39, 0.29) is 12.0 Å². The molecule has 1 atom stereocenters. The molecule has 0 aliphatic rings. The molecule has 1 rings (SSSR count). The van der Waals surface area contributed by atoms with E-state index in [2.05, 4.69) is 0 Å². The second-order valence-corrected chi connectivity index (χ2v) is 3.50. The van der Waals surface area contributed by atoms with Crippen LogP contribution in [0.4, 0.5) is 0 Å². The van der Waals surface area contributed by atoms with Crippen LogP contribution < -0.4 is 0 Å². The van der Waals surface area contributed by atoms with Gasteiger partial charge in [-0.1, -0.05) is 56.3 Å². The molecule has 70 valence electrons. The molecule has 1 nitrogen and oxygen atoms in total. The van der Waals surface area contributed by atoms with Crippen LogP contribution in [0.2, 0.25) is 0 Å². The van der Waals surface area contributed by atoms with Crippen LogP contribution in [0.25, 0.3) is 6.08 Å². The van der Waals surface area contributed by atoms with Gasteiger partial charge in [-0.05, 0) is 11.5 Å². The van der Waals surface area contributed by atoms with Gasteiger partial charge >= 0.3 is 0 Å². The minimum absolute atomic E-state index is 0.278.